The van der Waals surface area contributed by atoms with Crippen LogP contribution < -0.4 is 11.5 Å². The molecular weight excluding hydrogens is 392 g/mol. The normalized spacial score (nSPS) is 9.64. The molecule has 0 radical (unpaired) electrons. The molecule has 0 saturated heterocycles. The van der Waals surface area contributed by atoms with E-state index in [-0.39, 0.29) is 11.4 Å². The lowest BCUT2D eigenvalue weighted by Crippen LogP contribution is -2.09. The molecule has 2 rings (SSSR count). The first-order chi connectivity index (χ1) is 11.7. The Morgan fingerprint density at radius 2 is 1.52 bits per heavy atom. The van der Waals surface area contributed by atoms with Gasteiger partial charge in [-0.25, -0.2) is 19.6 Å². The van der Waals surface area contributed by atoms with Crippen LogP contribution in [0.5, 0.6) is 0 Å². The van der Waals surface area contributed by atoms with Crippen molar-refractivity contribution in [3.05, 3.63) is 45.4 Å². The van der Waals surface area contributed by atoms with Gasteiger partial charge in [-0.3, -0.25) is 0 Å². The molecule has 0 atom stereocenters. The minimum Gasteiger partial charge on any atom is -0.464 e. The number of hydrogen-bond donors (Lipinski definition) is 2. The summed E-state index contributed by atoms with van der Waals surface area (Å²) >= 11 is 3.20. The fraction of sp³-hybridized carbons (Fsp3) is 0.250. The molecule has 2 aromatic rings. The third-order valence-corrected chi connectivity index (χ3v) is 3.79. The van der Waals surface area contributed by atoms with Gasteiger partial charge >= 0.3 is 11.9 Å². The highest BCUT2D eigenvalue weighted by molar-refractivity contribution is 9.10. The molecule has 0 aliphatic carbocycles. The number of aryl methyl sites for hydroxylation is 2. The standard InChI is InChI=1S/C8H9BrN2O2.C8H10N2O2/c1-4-3-5(10)6(8(12)13-2)11-7(4)9;1-5-3-6(9)7(10-4-5)8(11)12-2/h3H,10H2,1-2H3;3-4H,9H2,1-2H3. The average molecular weight is 411 g/mol. The average Bonchev–Trinajstić information content (AvgIpc) is 2.57. The van der Waals surface area contributed by atoms with Crippen molar-refractivity contribution in [3.8, 4) is 0 Å². The van der Waals surface area contributed by atoms with Gasteiger partial charge in [-0.2, -0.15) is 0 Å². The SMILES string of the molecule is COC(=O)c1nc(Br)c(C)cc1N.COC(=O)c1ncc(C)cc1N. The van der Waals surface area contributed by atoms with Crippen LogP contribution in [0.2, 0.25) is 0 Å². The van der Waals surface area contributed by atoms with Crippen LogP contribution in [0.15, 0.2) is 22.9 Å². The lowest BCUT2D eigenvalue weighted by Gasteiger charge is -2.04. The quantitative estimate of drug-likeness (QED) is 0.569. The van der Waals surface area contributed by atoms with Crippen LogP contribution in [0.3, 0.4) is 0 Å². The molecule has 0 amide bonds. The first-order valence-electron chi connectivity index (χ1n) is 7.02. The zero-order valence-corrected chi connectivity index (χ0v) is 15.9. The Hall–Kier alpha value is -2.68. The largest absolute Gasteiger partial charge is 0.464 e. The number of carbonyl (C=O) groups excluding carboxylic acids is 2. The molecule has 134 valence electrons. The first kappa shape index (κ1) is 20.4. The fourth-order valence-electron chi connectivity index (χ4n) is 1.73. The van der Waals surface area contributed by atoms with E-state index < -0.39 is 11.9 Å². The molecule has 4 N–H and O–H groups in total. The van der Waals surface area contributed by atoms with Gasteiger partial charge in [0.05, 0.1) is 25.6 Å². The molecule has 0 spiro atoms. The molecular formula is C16H19BrN4O4. The number of carbonyl (C=O) groups is 2. The second-order valence-corrected chi connectivity index (χ2v) is 5.72. The Morgan fingerprint density at radius 3 is 2.04 bits per heavy atom. The molecule has 0 aromatic carbocycles. The highest BCUT2D eigenvalue weighted by Gasteiger charge is 2.13. The van der Waals surface area contributed by atoms with Gasteiger partial charge in [0.1, 0.15) is 4.60 Å². The van der Waals surface area contributed by atoms with Gasteiger partial charge in [0.15, 0.2) is 11.4 Å². The van der Waals surface area contributed by atoms with Crippen LogP contribution >= 0.6 is 15.9 Å². The van der Waals surface area contributed by atoms with Gasteiger partial charge in [-0.15, -0.1) is 0 Å². The first-order valence-corrected chi connectivity index (χ1v) is 7.81. The number of hydrogen-bond acceptors (Lipinski definition) is 8. The summed E-state index contributed by atoms with van der Waals surface area (Å²) in [5.41, 5.74) is 13.9. The van der Waals surface area contributed by atoms with Crippen molar-refractivity contribution < 1.29 is 19.1 Å². The molecule has 0 unspecified atom stereocenters. The maximum Gasteiger partial charge on any atom is 0.358 e. The number of aromatic nitrogens is 2. The topological polar surface area (TPSA) is 130 Å². The third-order valence-electron chi connectivity index (χ3n) is 2.99. The molecule has 2 aromatic heterocycles. The Morgan fingerprint density at radius 1 is 1.00 bits per heavy atom. The third kappa shape index (κ3) is 5.42. The maximum atomic E-state index is 11.1. The second kappa shape index (κ2) is 8.97. The molecule has 0 aliphatic rings. The summed E-state index contributed by atoms with van der Waals surface area (Å²) < 4.78 is 9.58. The fourth-order valence-corrected chi connectivity index (χ4v) is 2.02. The summed E-state index contributed by atoms with van der Waals surface area (Å²) in [5, 5.41) is 0. The Balaban J connectivity index is 0.000000251. The Kier molecular flexibility index (Phi) is 7.31. The van der Waals surface area contributed by atoms with Crippen molar-refractivity contribution >= 4 is 39.2 Å². The Labute approximate surface area is 153 Å². The van der Waals surface area contributed by atoms with Crippen molar-refractivity contribution in [2.75, 3.05) is 25.7 Å². The van der Waals surface area contributed by atoms with E-state index in [1.807, 2.05) is 13.8 Å². The lowest BCUT2D eigenvalue weighted by atomic mass is 10.2. The predicted octanol–water partition coefficient (Wildman–Crippen LogP) is 2.28. The zero-order valence-electron chi connectivity index (χ0n) is 14.3. The summed E-state index contributed by atoms with van der Waals surface area (Å²) in [4.78, 5) is 29.9. The van der Waals surface area contributed by atoms with E-state index in [1.54, 1.807) is 18.3 Å². The van der Waals surface area contributed by atoms with E-state index in [2.05, 4.69) is 35.4 Å². The molecule has 0 aliphatic heterocycles. The van der Waals surface area contributed by atoms with Crippen LogP contribution in [-0.2, 0) is 9.47 Å². The zero-order chi connectivity index (χ0) is 19.1. The van der Waals surface area contributed by atoms with Crippen LogP contribution in [-0.4, -0.2) is 36.1 Å². The second-order valence-electron chi connectivity index (χ2n) is 4.97. The van der Waals surface area contributed by atoms with Gasteiger partial charge in [0.25, 0.3) is 0 Å². The minimum absolute atomic E-state index is 0.139. The van der Waals surface area contributed by atoms with Gasteiger partial charge < -0.3 is 20.9 Å². The van der Waals surface area contributed by atoms with Gasteiger partial charge in [0, 0.05) is 6.20 Å². The smallest absolute Gasteiger partial charge is 0.358 e. The van der Waals surface area contributed by atoms with E-state index in [4.69, 9.17) is 11.5 Å². The molecule has 25 heavy (non-hydrogen) atoms. The van der Waals surface area contributed by atoms with E-state index in [0.29, 0.717) is 16.0 Å². The number of pyridine rings is 2. The highest BCUT2D eigenvalue weighted by atomic mass is 79.9. The molecule has 9 heteroatoms. The van der Waals surface area contributed by atoms with Crippen molar-refractivity contribution in [1.29, 1.82) is 0 Å². The lowest BCUT2D eigenvalue weighted by molar-refractivity contribution is 0.0586. The number of esters is 2. The van der Waals surface area contributed by atoms with E-state index >= 15 is 0 Å². The number of ether oxygens (including phenoxy) is 2. The van der Waals surface area contributed by atoms with E-state index in [1.165, 1.54) is 14.2 Å². The number of halogens is 1. The van der Waals surface area contributed by atoms with Crippen LogP contribution in [0.25, 0.3) is 0 Å². The summed E-state index contributed by atoms with van der Waals surface area (Å²) in [6.45, 7) is 3.69. The number of methoxy groups -OCH3 is 2. The van der Waals surface area contributed by atoms with Crippen LogP contribution in [0.4, 0.5) is 11.4 Å². The van der Waals surface area contributed by atoms with Crippen LogP contribution in [0.1, 0.15) is 32.1 Å². The van der Waals surface area contributed by atoms with Crippen molar-refractivity contribution in [3.63, 3.8) is 0 Å². The number of anilines is 2. The van der Waals surface area contributed by atoms with Crippen LogP contribution in [0, 0.1) is 13.8 Å². The highest BCUT2D eigenvalue weighted by Crippen LogP contribution is 2.19. The van der Waals surface area contributed by atoms with Crippen molar-refractivity contribution in [2.45, 2.75) is 13.8 Å². The van der Waals surface area contributed by atoms with Crippen molar-refractivity contribution in [2.24, 2.45) is 0 Å². The Bertz CT molecular complexity index is 796. The number of rotatable bonds is 2. The molecule has 2 heterocycles. The van der Waals surface area contributed by atoms with E-state index in [9.17, 15) is 9.59 Å². The number of nitrogens with zero attached hydrogens (tertiary/aromatic N) is 2. The molecule has 0 fully saturated rings. The summed E-state index contributed by atoms with van der Waals surface area (Å²) in [6.07, 6.45) is 1.57. The summed E-state index contributed by atoms with van der Waals surface area (Å²) in [7, 11) is 2.58. The molecule has 8 nitrogen and oxygen atoms in total. The number of nitrogen functional groups attached to an aromatic ring is 2. The molecule has 0 bridgehead atoms. The number of nitrogens with two attached hydrogens (primary N) is 2. The van der Waals surface area contributed by atoms with Gasteiger partial charge in [0.2, 0.25) is 0 Å². The van der Waals surface area contributed by atoms with Crippen molar-refractivity contribution in [1.82, 2.24) is 9.97 Å². The summed E-state index contributed by atoms with van der Waals surface area (Å²) in [6, 6.07) is 3.35. The summed E-state index contributed by atoms with van der Waals surface area (Å²) in [5.74, 6) is -1.04. The minimum atomic E-state index is -0.529. The van der Waals surface area contributed by atoms with Gasteiger partial charge in [-0.05, 0) is 53.0 Å². The van der Waals surface area contributed by atoms with E-state index in [0.717, 1.165) is 11.1 Å². The monoisotopic (exact) mass is 410 g/mol. The van der Waals surface area contributed by atoms with Gasteiger partial charge in [-0.1, -0.05) is 0 Å². The maximum absolute atomic E-state index is 11.1. The molecule has 0 saturated carbocycles. The predicted molar refractivity (Wildman–Crippen MR) is 97.2 cm³/mol.